The Morgan fingerprint density at radius 3 is 3.06 bits per heavy atom. The van der Waals surface area contributed by atoms with E-state index in [9.17, 15) is 4.79 Å². The highest BCUT2D eigenvalue weighted by atomic mass is 35.5. The highest BCUT2D eigenvalue weighted by Crippen LogP contribution is 2.14. The Hall–Kier alpha value is -0.710. The number of hydrogen-bond donors (Lipinski definition) is 2. The van der Waals surface area contributed by atoms with E-state index in [1.54, 1.807) is 11.8 Å². The second kappa shape index (κ2) is 6.28. The first kappa shape index (κ1) is 12.7. The van der Waals surface area contributed by atoms with Gasteiger partial charge in [-0.3, -0.25) is 4.79 Å². The molecule has 1 aliphatic rings. The molecule has 5 heteroatoms. The van der Waals surface area contributed by atoms with E-state index in [1.807, 2.05) is 24.3 Å². The highest BCUT2D eigenvalue weighted by Gasteiger charge is 2.20. The Kier molecular flexibility index (Phi) is 4.71. The van der Waals surface area contributed by atoms with E-state index in [2.05, 4.69) is 10.6 Å². The van der Waals surface area contributed by atoms with E-state index < -0.39 is 0 Å². The Labute approximate surface area is 110 Å². The molecule has 1 amide bonds. The summed E-state index contributed by atoms with van der Waals surface area (Å²) in [6.45, 7) is 1.39. The molecule has 2 N–H and O–H groups in total. The first-order valence-electron chi connectivity index (χ1n) is 5.59. The largest absolute Gasteiger partial charge is 0.351 e. The molecular weight excluding hydrogens is 256 g/mol. The molecule has 0 radical (unpaired) electrons. The predicted molar refractivity (Wildman–Crippen MR) is 72.4 cm³/mol. The molecule has 1 fully saturated rings. The minimum atomic E-state index is -0.0729. The number of nitrogens with one attached hydrogen (secondary N) is 2. The van der Waals surface area contributed by atoms with E-state index in [4.69, 9.17) is 11.6 Å². The normalized spacial score (nSPS) is 19.9. The minimum absolute atomic E-state index is 0.0529. The van der Waals surface area contributed by atoms with Gasteiger partial charge in [-0.2, -0.15) is 11.8 Å². The average molecular weight is 271 g/mol. The monoisotopic (exact) mass is 270 g/mol. The van der Waals surface area contributed by atoms with E-state index in [1.165, 1.54) is 0 Å². The van der Waals surface area contributed by atoms with E-state index >= 15 is 0 Å². The molecule has 17 heavy (non-hydrogen) atoms. The zero-order valence-corrected chi connectivity index (χ0v) is 11.0. The summed E-state index contributed by atoms with van der Waals surface area (Å²) in [7, 11) is 0. The van der Waals surface area contributed by atoms with E-state index in [-0.39, 0.29) is 11.9 Å². The molecule has 0 aliphatic carbocycles. The van der Waals surface area contributed by atoms with E-state index in [0.717, 1.165) is 23.6 Å². The fourth-order valence-corrected chi connectivity index (χ4v) is 2.82. The Bertz CT molecular complexity index is 394. The first-order valence-corrected chi connectivity index (χ1v) is 7.13. The zero-order chi connectivity index (χ0) is 12.1. The zero-order valence-electron chi connectivity index (χ0n) is 9.41. The van der Waals surface area contributed by atoms with Crippen molar-refractivity contribution in [1.29, 1.82) is 0 Å². The summed E-state index contributed by atoms with van der Waals surface area (Å²) in [4.78, 5) is 11.9. The van der Waals surface area contributed by atoms with Crippen molar-refractivity contribution in [2.45, 2.75) is 12.6 Å². The summed E-state index contributed by atoms with van der Waals surface area (Å²) in [6.07, 6.45) is 0. The van der Waals surface area contributed by atoms with Crippen LogP contribution in [0.1, 0.15) is 5.56 Å². The Morgan fingerprint density at radius 1 is 1.53 bits per heavy atom. The van der Waals surface area contributed by atoms with Crippen molar-refractivity contribution in [1.82, 2.24) is 10.6 Å². The second-order valence-corrected chi connectivity index (χ2v) is 5.45. The third-order valence-electron chi connectivity index (χ3n) is 2.65. The van der Waals surface area contributed by atoms with Crippen molar-refractivity contribution in [3.05, 3.63) is 34.9 Å². The molecule has 1 saturated heterocycles. The number of hydrogen-bond acceptors (Lipinski definition) is 3. The molecule has 92 valence electrons. The summed E-state index contributed by atoms with van der Waals surface area (Å²) >= 11 is 7.83. The van der Waals surface area contributed by atoms with Crippen LogP contribution in [-0.2, 0) is 11.3 Å². The van der Waals surface area contributed by atoms with Gasteiger partial charge in [-0.25, -0.2) is 0 Å². The van der Waals surface area contributed by atoms with Crippen molar-refractivity contribution in [2.24, 2.45) is 0 Å². The van der Waals surface area contributed by atoms with Gasteiger partial charge in [0, 0.05) is 29.6 Å². The number of rotatable bonds is 3. The Morgan fingerprint density at radius 2 is 2.35 bits per heavy atom. The molecular formula is C12H15ClN2OS. The molecule has 0 aromatic heterocycles. The van der Waals surface area contributed by atoms with Gasteiger partial charge in [-0.15, -0.1) is 0 Å². The Balaban J connectivity index is 1.85. The SMILES string of the molecule is O=C(NCc1ccccc1Cl)C1CSCCN1. The first-order chi connectivity index (χ1) is 8.27. The number of carbonyl (C=O) groups excluding carboxylic acids is 1. The highest BCUT2D eigenvalue weighted by molar-refractivity contribution is 7.99. The van der Waals surface area contributed by atoms with Crippen LogP contribution in [0, 0.1) is 0 Å². The molecule has 0 spiro atoms. The van der Waals surface area contributed by atoms with Crippen molar-refractivity contribution in [3.8, 4) is 0 Å². The van der Waals surface area contributed by atoms with Crippen LogP contribution < -0.4 is 10.6 Å². The number of benzene rings is 1. The number of carbonyl (C=O) groups is 1. The fourth-order valence-electron chi connectivity index (χ4n) is 1.68. The van der Waals surface area contributed by atoms with Gasteiger partial charge in [-0.05, 0) is 11.6 Å². The lowest BCUT2D eigenvalue weighted by Crippen LogP contribution is -2.48. The summed E-state index contributed by atoms with van der Waals surface area (Å²) in [5, 5.41) is 6.81. The standard InChI is InChI=1S/C12H15ClN2OS/c13-10-4-2-1-3-9(10)7-15-12(16)11-8-17-6-5-14-11/h1-4,11,14H,5-8H2,(H,15,16). The van der Waals surface area contributed by atoms with E-state index in [0.29, 0.717) is 11.6 Å². The lowest BCUT2D eigenvalue weighted by Gasteiger charge is -2.22. The average Bonchev–Trinajstić information content (AvgIpc) is 2.38. The summed E-state index contributed by atoms with van der Waals surface area (Å²) in [6, 6.07) is 7.48. The minimum Gasteiger partial charge on any atom is -0.351 e. The van der Waals surface area contributed by atoms with Crippen molar-refractivity contribution >= 4 is 29.3 Å². The maximum Gasteiger partial charge on any atom is 0.238 e. The van der Waals surface area contributed by atoms with Gasteiger partial charge in [0.05, 0.1) is 6.04 Å². The number of thioether (sulfide) groups is 1. The smallest absolute Gasteiger partial charge is 0.238 e. The van der Waals surface area contributed by atoms with Crippen LogP contribution in [0.2, 0.25) is 5.02 Å². The predicted octanol–water partition coefficient (Wildman–Crippen LogP) is 1.66. The van der Waals surface area contributed by atoms with Crippen LogP contribution in [0.5, 0.6) is 0 Å². The van der Waals surface area contributed by atoms with Crippen LogP contribution in [0.3, 0.4) is 0 Å². The maximum atomic E-state index is 11.9. The molecule has 1 heterocycles. The molecule has 1 unspecified atom stereocenters. The van der Waals surface area contributed by atoms with Gasteiger partial charge >= 0.3 is 0 Å². The lowest BCUT2D eigenvalue weighted by atomic mass is 10.2. The third-order valence-corrected chi connectivity index (χ3v) is 4.08. The van der Waals surface area contributed by atoms with Crippen LogP contribution in [0.25, 0.3) is 0 Å². The molecule has 0 saturated carbocycles. The number of amides is 1. The summed E-state index contributed by atoms with van der Waals surface area (Å²) in [5.74, 6) is 1.97. The van der Waals surface area contributed by atoms with Gasteiger partial charge in [0.2, 0.25) is 5.91 Å². The van der Waals surface area contributed by atoms with Gasteiger partial charge < -0.3 is 10.6 Å². The molecule has 3 nitrogen and oxygen atoms in total. The molecule has 1 atom stereocenters. The second-order valence-electron chi connectivity index (χ2n) is 3.89. The van der Waals surface area contributed by atoms with Crippen LogP contribution in [0.4, 0.5) is 0 Å². The van der Waals surface area contributed by atoms with Crippen LogP contribution in [-0.4, -0.2) is 30.0 Å². The fraction of sp³-hybridized carbons (Fsp3) is 0.417. The van der Waals surface area contributed by atoms with Gasteiger partial charge in [0.25, 0.3) is 0 Å². The van der Waals surface area contributed by atoms with Crippen molar-refractivity contribution in [2.75, 3.05) is 18.1 Å². The van der Waals surface area contributed by atoms with Crippen LogP contribution in [0.15, 0.2) is 24.3 Å². The quantitative estimate of drug-likeness (QED) is 0.878. The topological polar surface area (TPSA) is 41.1 Å². The molecule has 1 aromatic rings. The molecule has 1 aromatic carbocycles. The lowest BCUT2D eigenvalue weighted by molar-refractivity contribution is -0.122. The van der Waals surface area contributed by atoms with Gasteiger partial charge in [0.1, 0.15) is 0 Å². The molecule has 2 rings (SSSR count). The summed E-state index contributed by atoms with van der Waals surface area (Å²) < 4.78 is 0. The van der Waals surface area contributed by atoms with Crippen molar-refractivity contribution in [3.63, 3.8) is 0 Å². The van der Waals surface area contributed by atoms with Gasteiger partial charge in [0.15, 0.2) is 0 Å². The van der Waals surface area contributed by atoms with Crippen molar-refractivity contribution < 1.29 is 4.79 Å². The maximum absolute atomic E-state index is 11.9. The molecule has 1 aliphatic heterocycles. The van der Waals surface area contributed by atoms with Crippen LogP contribution >= 0.6 is 23.4 Å². The van der Waals surface area contributed by atoms with Gasteiger partial charge in [-0.1, -0.05) is 29.8 Å². The number of halogens is 1. The third kappa shape index (κ3) is 3.63. The summed E-state index contributed by atoms with van der Waals surface area (Å²) in [5.41, 5.74) is 0.950. The molecule has 0 bridgehead atoms.